The number of aromatic nitrogens is 4. The molecule has 120 valence electrons. The first-order valence-electron chi connectivity index (χ1n) is 7.23. The van der Waals surface area contributed by atoms with Crippen LogP contribution in [0, 0.1) is 0 Å². The Morgan fingerprint density at radius 1 is 1.12 bits per heavy atom. The second kappa shape index (κ2) is 5.99. The van der Waals surface area contributed by atoms with E-state index in [9.17, 15) is 4.79 Å². The van der Waals surface area contributed by atoms with Gasteiger partial charge in [0.1, 0.15) is 18.7 Å². The molecule has 4 rings (SSSR count). The highest BCUT2D eigenvalue weighted by molar-refractivity contribution is 5.78. The second-order valence-electron chi connectivity index (χ2n) is 5.03. The van der Waals surface area contributed by atoms with E-state index in [1.54, 1.807) is 36.4 Å². The first-order chi connectivity index (χ1) is 11.8. The molecule has 0 amide bonds. The minimum Gasteiger partial charge on any atom is -0.485 e. The maximum absolute atomic E-state index is 12.2. The maximum Gasteiger partial charge on any atom is 0.356 e. The number of tetrazole rings is 1. The number of esters is 1. The van der Waals surface area contributed by atoms with Crippen LogP contribution in [-0.2, 0) is 4.79 Å². The van der Waals surface area contributed by atoms with Gasteiger partial charge < -0.3 is 14.2 Å². The number of ether oxygens (including phenoxy) is 3. The molecule has 2 heterocycles. The molecule has 2 aromatic carbocycles. The van der Waals surface area contributed by atoms with Crippen LogP contribution >= 0.6 is 0 Å². The zero-order valence-electron chi connectivity index (χ0n) is 12.4. The lowest BCUT2D eigenvalue weighted by Crippen LogP contribution is -2.39. The fraction of sp³-hybridized carbons (Fsp3) is 0.125. The summed E-state index contributed by atoms with van der Waals surface area (Å²) in [6.45, 7) is 0.110. The standard InChI is InChI=1S/C16H12N4O4/c21-16(15-9-22-13-3-1-2-4-14(13)24-15)23-12-7-5-11(6-8-12)20-10-17-18-19-20/h1-8,10,15H,9H2/t15-/m0/s1. The van der Waals surface area contributed by atoms with Crippen molar-refractivity contribution >= 4 is 5.97 Å². The number of hydrogen-bond donors (Lipinski definition) is 0. The summed E-state index contributed by atoms with van der Waals surface area (Å²) < 4.78 is 18.0. The topological polar surface area (TPSA) is 88.4 Å². The normalized spacial score (nSPS) is 15.8. The number of hydrogen-bond acceptors (Lipinski definition) is 7. The summed E-state index contributed by atoms with van der Waals surface area (Å²) >= 11 is 0. The molecule has 3 aromatic rings. The summed E-state index contributed by atoms with van der Waals surface area (Å²) in [4.78, 5) is 12.2. The molecule has 8 heteroatoms. The lowest BCUT2D eigenvalue weighted by atomic mass is 10.2. The number of nitrogens with zero attached hydrogens (tertiary/aromatic N) is 4. The van der Waals surface area contributed by atoms with E-state index in [0.717, 1.165) is 5.69 Å². The largest absolute Gasteiger partial charge is 0.485 e. The van der Waals surface area contributed by atoms with Gasteiger partial charge >= 0.3 is 5.97 Å². The highest BCUT2D eigenvalue weighted by Gasteiger charge is 2.29. The third-order valence-electron chi connectivity index (χ3n) is 3.44. The van der Waals surface area contributed by atoms with Crippen molar-refractivity contribution in [2.24, 2.45) is 0 Å². The van der Waals surface area contributed by atoms with Crippen molar-refractivity contribution in [3.8, 4) is 22.9 Å². The summed E-state index contributed by atoms with van der Waals surface area (Å²) in [5, 5.41) is 10.9. The Balaban J connectivity index is 1.43. The highest BCUT2D eigenvalue weighted by atomic mass is 16.6. The summed E-state index contributed by atoms with van der Waals surface area (Å²) in [5.41, 5.74) is 0.756. The maximum atomic E-state index is 12.2. The molecular weight excluding hydrogens is 312 g/mol. The Kier molecular flexibility index (Phi) is 3.54. The van der Waals surface area contributed by atoms with Crippen molar-refractivity contribution in [1.29, 1.82) is 0 Å². The molecular formula is C16H12N4O4. The van der Waals surface area contributed by atoms with Gasteiger partial charge in [-0.15, -0.1) is 5.10 Å². The molecule has 0 bridgehead atoms. The molecule has 0 saturated heterocycles. The van der Waals surface area contributed by atoms with E-state index in [2.05, 4.69) is 15.5 Å². The van der Waals surface area contributed by atoms with Crippen LogP contribution in [0.2, 0.25) is 0 Å². The van der Waals surface area contributed by atoms with Crippen molar-refractivity contribution < 1.29 is 19.0 Å². The Morgan fingerprint density at radius 2 is 1.92 bits per heavy atom. The van der Waals surface area contributed by atoms with Crippen LogP contribution in [0.5, 0.6) is 17.2 Å². The molecule has 0 spiro atoms. The first kappa shape index (κ1) is 14.2. The summed E-state index contributed by atoms with van der Waals surface area (Å²) in [6, 6.07) is 14.0. The number of para-hydroxylation sites is 2. The van der Waals surface area contributed by atoms with Gasteiger partial charge in [0, 0.05) is 0 Å². The van der Waals surface area contributed by atoms with Gasteiger partial charge in [-0.2, -0.15) is 0 Å². The van der Waals surface area contributed by atoms with Crippen LogP contribution in [-0.4, -0.2) is 38.9 Å². The molecule has 0 aliphatic carbocycles. The minimum atomic E-state index is -0.806. The van der Waals surface area contributed by atoms with Gasteiger partial charge in [-0.05, 0) is 46.8 Å². The van der Waals surface area contributed by atoms with Gasteiger partial charge in [-0.3, -0.25) is 0 Å². The van der Waals surface area contributed by atoms with Crippen molar-refractivity contribution in [1.82, 2.24) is 20.2 Å². The lowest BCUT2D eigenvalue weighted by molar-refractivity contribution is -0.144. The minimum absolute atomic E-state index is 0.110. The summed E-state index contributed by atoms with van der Waals surface area (Å²) in [6.07, 6.45) is 0.671. The molecule has 0 radical (unpaired) electrons. The molecule has 1 aromatic heterocycles. The Labute approximate surface area is 136 Å². The number of rotatable bonds is 3. The molecule has 1 aliphatic heterocycles. The molecule has 0 unspecified atom stereocenters. The number of benzene rings is 2. The van der Waals surface area contributed by atoms with Crippen molar-refractivity contribution in [3.63, 3.8) is 0 Å². The van der Waals surface area contributed by atoms with Crippen LogP contribution in [0.25, 0.3) is 5.69 Å². The monoisotopic (exact) mass is 324 g/mol. The molecule has 1 aliphatic rings. The number of carbonyl (C=O) groups is 1. The average Bonchev–Trinajstić information content (AvgIpc) is 3.16. The van der Waals surface area contributed by atoms with Gasteiger partial charge in [0.15, 0.2) is 11.5 Å². The molecule has 8 nitrogen and oxygen atoms in total. The third kappa shape index (κ3) is 2.76. The zero-order chi connectivity index (χ0) is 16.4. The van der Waals surface area contributed by atoms with Crippen molar-refractivity contribution in [2.75, 3.05) is 6.61 Å². The van der Waals surface area contributed by atoms with E-state index in [-0.39, 0.29) is 6.61 Å². The Bertz CT molecular complexity index is 849. The van der Waals surface area contributed by atoms with E-state index >= 15 is 0 Å². The van der Waals surface area contributed by atoms with E-state index < -0.39 is 12.1 Å². The van der Waals surface area contributed by atoms with Gasteiger partial charge in [-0.25, -0.2) is 9.48 Å². The molecule has 24 heavy (non-hydrogen) atoms. The molecule has 1 atom stereocenters. The summed E-state index contributed by atoms with van der Waals surface area (Å²) in [7, 11) is 0. The number of fused-ring (bicyclic) bond motifs is 1. The highest BCUT2D eigenvalue weighted by Crippen LogP contribution is 2.31. The number of carbonyl (C=O) groups excluding carboxylic acids is 1. The molecule has 0 N–H and O–H groups in total. The Hall–Kier alpha value is -3.42. The van der Waals surface area contributed by atoms with E-state index in [4.69, 9.17) is 14.2 Å². The van der Waals surface area contributed by atoms with Crippen molar-refractivity contribution in [2.45, 2.75) is 6.10 Å². The Morgan fingerprint density at radius 3 is 2.67 bits per heavy atom. The van der Waals surface area contributed by atoms with Crippen LogP contribution in [0.3, 0.4) is 0 Å². The van der Waals surface area contributed by atoms with Gasteiger partial charge in [0.2, 0.25) is 6.10 Å². The third-order valence-corrected chi connectivity index (χ3v) is 3.44. The second-order valence-corrected chi connectivity index (χ2v) is 5.03. The predicted octanol–water partition coefficient (Wildman–Crippen LogP) is 1.41. The zero-order valence-corrected chi connectivity index (χ0v) is 12.4. The summed E-state index contributed by atoms with van der Waals surface area (Å²) in [5.74, 6) is 1.03. The molecule has 0 fully saturated rings. The van der Waals surface area contributed by atoms with Crippen LogP contribution in [0.4, 0.5) is 0 Å². The first-order valence-corrected chi connectivity index (χ1v) is 7.23. The van der Waals surface area contributed by atoms with E-state index in [1.807, 2.05) is 12.1 Å². The fourth-order valence-electron chi connectivity index (χ4n) is 2.26. The van der Waals surface area contributed by atoms with Gasteiger partial charge in [0.05, 0.1) is 5.69 Å². The molecule has 0 saturated carbocycles. The van der Waals surface area contributed by atoms with Crippen molar-refractivity contribution in [3.05, 3.63) is 54.9 Å². The fourth-order valence-corrected chi connectivity index (χ4v) is 2.26. The van der Waals surface area contributed by atoms with E-state index in [0.29, 0.717) is 17.2 Å². The quantitative estimate of drug-likeness (QED) is 0.531. The van der Waals surface area contributed by atoms with Crippen LogP contribution in [0.15, 0.2) is 54.9 Å². The van der Waals surface area contributed by atoms with E-state index in [1.165, 1.54) is 11.0 Å². The van der Waals surface area contributed by atoms with Gasteiger partial charge in [0.25, 0.3) is 0 Å². The van der Waals surface area contributed by atoms with Crippen LogP contribution < -0.4 is 14.2 Å². The lowest BCUT2D eigenvalue weighted by Gasteiger charge is -2.24. The SMILES string of the molecule is O=C(Oc1ccc(-n2cnnn2)cc1)[C@@H]1COc2ccccc2O1. The van der Waals surface area contributed by atoms with Gasteiger partial charge in [-0.1, -0.05) is 12.1 Å². The van der Waals surface area contributed by atoms with Crippen LogP contribution in [0.1, 0.15) is 0 Å². The predicted molar refractivity (Wildman–Crippen MR) is 81.1 cm³/mol. The smallest absolute Gasteiger partial charge is 0.356 e. The average molecular weight is 324 g/mol.